The molecular formula is C18H24N4O4S. The van der Waals surface area contributed by atoms with Gasteiger partial charge in [0, 0.05) is 29.8 Å². The fraction of sp³-hybridized carbons (Fsp3) is 0.389. The lowest BCUT2D eigenvalue weighted by molar-refractivity contribution is -0.121. The Balaban J connectivity index is 2.48. The second-order valence-electron chi connectivity index (χ2n) is 6.74. The van der Waals surface area contributed by atoms with Crippen molar-refractivity contribution in [1.29, 1.82) is 0 Å². The monoisotopic (exact) mass is 392 g/mol. The third-order valence-corrected chi connectivity index (χ3v) is 4.08. The van der Waals surface area contributed by atoms with Gasteiger partial charge in [0.1, 0.15) is 18.0 Å². The van der Waals surface area contributed by atoms with E-state index >= 15 is 0 Å². The molecule has 146 valence electrons. The van der Waals surface area contributed by atoms with Crippen LogP contribution in [0.15, 0.2) is 29.1 Å². The zero-order chi connectivity index (χ0) is 20.2. The zero-order valence-corrected chi connectivity index (χ0v) is 16.6. The van der Waals surface area contributed by atoms with Crippen LogP contribution in [0.25, 0.3) is 11.3 Å². The summed E-state index contributed by atoms with van der Waals surface area (Å²) in [4.78, 5) is 26.9. The molecule has 0 saturated carbocycles. The van der Waals surface area contributed by atoms with Crippen LogP contribution in [0.3, 0.4) is 0 Å². The van der Waals surface area contributed by atoms with Crippen molar-refractivity contribution in [2.75, 3.05) is 20.8 Å². The van der Waals surface area contributed by atoms with Gasteiger partial charge in [0.05, 0.1) is 19.9 Å². The molecule has 0 bridgehead atoms. The first-order chi connectivity index (χ1) is 12.6. The molecule has 0 aliphatic carbocycles. The second kappa shape index (κ2) is 8.36. The molecule has 2 rings (SSSR count). The van der Waals surface area contributed by atoms with Crippen molar-refractivity contribution in [3.8, 4) is 22.8 Å². The zero-order valence-electron chi connectivity index (χ0n) is 15.8. The minimum absolute atomic E-state index is 0.0732. The number of carbonyl (C=O) groups is 1. The van der Waals surface area contributed by atoms with E-state index in [1.807, 2.05) is 13.8 Å². The van der Waals surface area contributed by atoms with Crippen LogP contribution >= 0.6 is 12.2 Å². The van der Waals surface area contributed by atoms with Gasteiger partial charge in [0.15, 0.2) is 4.77 Å². The van der Waals surface area contributed by atoms with Crippen molar-refractivity contribution in [2.24, 2.45) is 5.73 Å². The van der Waals surface area contributed by atoms with E-state index < -0.39 is 5.54 Å². The number of ether oxygens (including phenoxy) is 2. The Morgan fingerprint density at radius 3 is 2.59 bits per heavy atom. The van der Waals surface area contributed by atoms with Gasteiger partial charge in [-0.1, -0.05) is 0 Å². The van der Waals surface area contributed by atoms with Gasteiger partial charge < -0.3 is 25.1 Å². The normalized spacial score (nSPS) is 11.1. The lowest BCUT2D eigenvalue weighted by atomic mass is 10.1. The number of carbonyl (C=O) groups excluding carboxylic acids is 1. The minimum atomic E-state index is -0.538. The van der Waals surface area contributed by atoms with Crippen LogP contribution in [0.4, 0.5) is 0 Å². The Morgan fingerprint density at radius 2 is 2.00 bits per heavy atom. The second-order valence-corrected chi connectivity index (χ2v) is 7.13. The van der Waals surface area contributed by atoms with Crippen molar-refractivity contribution >= 4 is 18.1 Å². The molecule has 0 atom stereocenters. The molecule has 1 aromatic heterocycles. The maximum Gasteiger partial charge on any atom is 0.252 e. The molecular weight excluding hydrogens is 368 g/mol. The molecule has 0 radical (unpaired) electrons. The van der Waals surface area contributed by atoms with Gasteiger partial charge in [-0.2, -0.15) is 0 Å². The van der Waals surface area contributed by atoms with E-state index in [0.717, 1.165) is 0 Å². The van der Waals surface area contributed by atoms with Gasteiger partial charge in [0.25, 0.3) is 5.56 Å². The van der Waals surface area contributed by atoms with Gasteiger partial charge in [0.2, 0.25) is 5.91 Å². The number of nitrogens with one attached hydrogen (secondary N) is 2. The van der Waals surface area contributed by atoms with Crippen LogP contribution in [0, 0.1) is 4.77 Å². The third-order valence-electron chi connectivity index (χ3n) is 3.76. The highest BCUT2D eigenvalue weighted by Crippen LogP contribution is 2.32. The number of hydrogen-bond acceptors (Lipinski definition) is 6. The van der Waals surface area contributed by atoms with E-state index in [1.54, 1.807) is 29.9 Å². The molecule has 1 heterocycles. The van der Waals surface area contributed by atoms with E-state index in [-0.39, 0.29) is 22.8 Å². The fourth-order valence-electron chi connectivity index (χ4n) is 2.44. The number of nitrogens with two attached hydrogens (primary N) is 1. The quantitative estimate of drug-likeness (QED) is 0.615. The molecule has 9 heteroatoms. The molecule has 0 aliphatic heterocycles. The molecule has 0 spiro atoms. The van der Waals surface area contributed by atoms with Crippen molar-refractivity contribution in [2.45, 2.75) is 25.9 Å². The SMILES string of the molecule is COc1ccc(-c2cc(=O)[nH]c(=S)n2CC(=O)NCC(C)(C)N)c(OC)c1. The average Bonchev–Trinajstić information content (AvgIpc) is 2.60. The number of methoxy groups -OCH3 is 2. The Morgan fingerprint density at radius 1 is 1.30 bits per heavy atom. The van der Waals surface area contributed by atoms with Crippen LogP contribution in [0.1, 0.15) is 13.8 Å². The number of aromatic amines is 1. The molecule has 0 saturated heterocycles. The standard InChI is InChI=1S/C18H24N4O4S/c1-18(2,19)10-20-16(24)9-22-13(8-15(23)21-17(22)27)12-6-5-11(25-3)7-14(12)26-4/h5-8H,9-10,19H2,1-4H3,(H,20,24)(H,21,23,27). The van der Waals surface area contributed by atoms with Crippen molar-refractivity contribution < 1.29 is 14.3 Å². The number of hydrogen-bond donors (Lipinski definition) is 3. The summed E-state index contributed by atoms with van der Waals surface area (Å²) in [5.41, 5.74) is 6.07. The van der Waals surface area contributed by atoms with E-state index in [9.17, 15) is 9.59 Å². The fourth-order valence-corrected chi connectivity index (χ4v) is 2.70. The van der Waals surface area contributed by atoms with Gasteiger partial charge >= 0.3 is 0 Å². The van der Waals surface area contributed by atoms with Crippen molar-refractivity contribution in [3.05, 3.63) is 39.4 Å². The highest BCUT2D eigenvalue weighted by atomic mass is 32.1. The third kappa shape index (κ3) is 5.41. The van der Waals surface area contributed by atoms with Gasteiger partial charge in [-0.05, 0) is 38.2 Å². The molecule has 4 N–H and O–H groups in total. The molecule has 1 aromatic carbocycles. The van der Waals surface area contributed by atoms with Gasteiger partial charge in [-0.25, -0.2) is 0 Å². The molecule has 1 amide bonds. The van der Waals surface area contributed by atoms with E-state index in [2.05, 4.69) is 10.3 Å². The molecule has 2 aromatic rings. The number of H-pyrrole nitrogens is 1. The summed E-state index contributed by atoms with van der Waals surface area (Å²) in [7, 11) is 3.06. The van der Waals surface area contributed by atoms with E-state index in [0.29, 0.717) is 29.3 Å². The molecule has 8 nitrogen and oxygen atoms in total. The first kappa shape index (κ1) is 20.7. The average molecular weight is 392 g/mol. The largest absolute Gasteiger partial charge is 0.497 e. The van der Waals surface area contributed by atoms with Crippen LogP contribution in [-0.2, 0) is 11.3 Å². The Labute approximate surface area is 162 Å². The summed E-state index contributed by atoms with van der Waals surface area (Å²) < 4.78 is 12.3. The first-order valence-electron chi connectivity index (χ1n) is 8.27. The number of nitrogens with zero attached hydrogens (tertiary/aromatic N) is 1. The Kier molecular flexibility index (Phi) is 6.40. The summed E-state index contributed by atoms with van der Waals surface area (Å²) in [5.74, 6) is 0.825. The number of amides is 1. The topological polar surface area (TPSA) is 111 Å². The summed E-state index contributed by atoms with van der Waals surface area (Å²) in [6, 6.07) is 6.56. The van der Waals surface area contributed by atoms with Crippen LogP contribution < -0.4 is 26.1 Å². The van der Waals surface area contributed by atoms with Crippen molar-refractivity contribution in [1.82, 2.24) is 14.9 Å². The first-order valence-corrected chi connectivity index (χ1v) is 8.67. The smallest absolute Gasteiger partial charge is 0.252 e. The molecule has 27 heavy (non-hydrogen) atoms. The van der Waals surface area contributed by atoms with Gasteiger partial charge in [-0.3, -0.25) is 14.6 Å². The molecule has 0 unspecified atom stereocenters. The highest BCUT2D eigenvalue weighted by Gasteiger charge is 2.17. The number of aromatic nitrogens is 2. The summed E-state index contributed by atoms with van der Waals surface area (Å²) in [6.07, 6.45) is 0. The van der Waals surface area contributed by atoms with E-state index in [1.165, 1.54) is 13.2 Å². The van der Waals surface area contributed by atoms with Crippen LogP contribution in [0.5, 0.6) is 11.5 Å². The predicted molar refractivity (Wildman–Crippen MR) is 106 cm³/mol. The molecule has 0 fully saturated rings. The summed E-state index contributed by atoms with van der Waals surface area (Å²) in [6.45, 7) is 3.86. The minimum Gasteiger partial charge on any atom is -0.497 e. The van der Waals surface area contributed by atoms with E-state index in [4.69, 9.17) is 27.4 Å². The van der Waals surface area contributed by atoms with Crippen LogP contribution in [-0.4, -0.2) is 41.8 Å². The lowest BCUT2D eigenvalue weighted by Gasteiger charge is -2.20. The highest BCUT2D eigenvalue weighted by molar-refractivity contribution is 7.71. The number of benzene rings is 1. The molecule has 0 aliphatic rings. The predicted octanol–water partition coefficient (Wildman–Crippen LogP) is 1.44. The van der Waals surface area contributed by atoms with Crippen molar-refractivity contribution in [3.63, 3.8) is 0 Å². The Bertz CT molecular complexity index is 944. The summed E-state index contributed by atoms with van der Waals surface area (Å²) >= 11 is 5.27. The van der Waals surface area contributed by atoms with Crippen LogP contribution in [0.2, 0.25) is 0 Å². The lowest BCUT2D eigenvalue weighted by Crippen LogP contribution is -2.46. The maximum atomic E-state index is 12.4. The van der Waals surface area contributed by atoms with Gasteiger partial charge in [-0.15, -0.1) is 0 Å². The number of rotatable bonds is 7. The maximum absolute atomic E-state index is 12.4. The Hall–Kier alpha value is -2.65. The summed E-state index contributed by atoms with van der Waals surface area (Å²) in [5, 5.41) is 2.76.